The van der Waals surface area contributed by atoms with Crippen LogP contribution < -0.4 is 10.6 Å². The minimum atomic E-state index is -0.0660. The van der Waals surface area contributed by atoms with E-state index >= 15 is 0 Å². The van der Waals surface area contributed by atoms with Crippen molar-refractivity contribution in [2.45, 2.75) is 25.8 Å². The maximum atomic E-state index is 12.2. The number of aryl methyl sites for hydroxylation is 1. The normalized spacial score (nSPS) is 19.5. The van der Waals surface area contributed by atoms with Crippen molar-refractivity contribution in [3.8, 4) is 0 Å². The van der Waals surface area contributed by atoms with Crippen LogP contribution in [0.3, 0.4) is 0 Å². The fraction of sp³-hybridized carbons (Fsp3) is 0.462. The Morgan fingerprint density at radius 1 is 1.53 bits per heavy atom. The molecule has 6 nitrogen and oxygen atoms in total. The van der Waals surface area contributed by atoms with Crippen molar-refractivity contribution in [3.05, 3.63) is 23.5 Å². The number of hydrogen-bond donors (Lipinski definition) is 3. The number of rotatable bonds is 2. The number of piperidine rings is 1. The molecule has 1 fully saturated rings. The van der Waals surface area contributed by atoms with E-state index in [1.807, 2.05) is 13.0 Å². The lowest BCUT2D eigenvalue weighted by Crippen LogP contribution is -2.45. The molecule has 0 aliphatic carbocycles. The van der Waals surface area contributed by atoms with Crippen molar-refractivity contribution < 1.29 is 4.79 Å². The fourth-order valence-electron chi connectivity index (χ4n) is 2.39. The summed E-state index contributed by atoms with van der Waals surface area (Å²) in [4.78, 5) is 16.4. The quantitative estimate of drug-likeness (QED) is 0.743. The number of carbonyl (C=O) groups is 1. The zero-order valence-electron chi connectivity index (χ0n) is 10.9. The van der Waals surface area contributed by atoms with Crippen LogP contribution in [0.1, 0.15) is 28.9 Å². The van der Waals surface area contributed by atoms with Crippen LogP contribution in [-0.4, -0.2) is 40.2 Å². The van der Waals surface area contributed by atoms with E-state index in [-0.39, 0.29) is 11.9 Å². The van der Waals surface area contributed by atoms with Gasteiger partial charge in [-0.15, -0.1) is 0 Å². The zero-order valence-corrected chi connectivity index (χ0v) is 10.9. The van der Waals surface area contributed by atoms with Crippen LogP contribution in [0.2, 0.25) is 0 Å². The Labute approximate surface area is 111 Å². The molecule has 1 atom stereocenters. The predicted molar refractivity (Wildman–Crippen MR) is 72.0 cm³/mol. The molecule has 1 saturated heterocycles. The third-order valence-corrected chi connectivity index (χ3v) is 3.49. The number of fused-ring (bicyclic) bond motifs is 1. The molecule has 0 spiro atoms. The zero-order chi connectivity index (χ0) is 13.2. The third kappa shape index (κ3) is 2.44. The highest BCUT2D eigenvalue weighted by atomic mass is 16.1. The van der Waals surface area contributed by atoms with E-state index in [0.717, 1.165) is 37.0 Å². The van der Waals surface area contributed by atoms with Gasteiger partial charge in [0, 0.05) is 29.9 Å². The van der Waals surface area contributed by atoms with Crippen LogP contribution in [0.25, 0.3) is 11.0 Å². The first kappa shape index (κ1) is 12.1. The van der Waals surface area contributed by atoms with Crippen molar-refractivity contribution in [1.29, 1.82) is 0 Å². The minimum absolute atomic E-state index is 0.0660. The summed E-state index contributed by atoms with van der Waals surface area (Å²) in [6.45, 7) is 3.80. The number of hydrogen-bond acceptors (Lipinski definition) is 4. The van der Waals surface area contributed by atoms with Gasteiger partial charge in [-0.3, -0.25) is 9.89 Å². The number of H-pyrrole nitrogens is 1. The van der Waals surface area contributed by atoms with Gasteiger partial charge in [-0.1, -0.05) is 0 Å². The van der Waals surface area contributed by atoms with E-state index in [2.05, 4.69) is 25.8 Å². The monoisotopic (exact) mass is 259 g/mol. The number of carbonyl (C=O) groups excluding carboxylic acids is 1. The summed E-state index contributed by atoms with van der Waals surface area (Å²) in [7, 11) is 0. The van der Waals surface area contributed by atoms with Gasteiger partial charge in [0.2, 0.25) is 0 Å². The Balaban J connectivity index is 1.78. The van der Waals surface area contributed by atoms with Crippen molar-refractivity contribution >= 4 is 16.9 Å². The molecule has 2 aromatic rings. The lowest BCUT2D eigenvalue weighted by atomic mass is 10.1. The maximum Gasteiger partial charge on any atom is 0.253 e. The SMILES string of the molecule is Cc1[nH]nc2ncc(C(=O)NC3CCCNC3)cc12. The maximum absolute atomic E-state index is 12.2. The Hall–Kier alpha value is -1.95. The molecule has 0 aromatic carbocycles. The standard InChI is InChI=1S/C13H17N5O/c1-8-11-5-9(6-15-12(11)18-17-8)13(19)16-10-3-2-4-14-7-10/h5-6,10,14H,2-4,7H2,1H3,(H,16,19)(H,15,17,18). The smallest absolute Gasteiger partial charge is 0.253 e. The van der Waals surface area contributed by atoms with E-state index in [4.69, 9.17) is 0 Å². The van der Waals surface area contributed by atoms with Crippen LogP contribution in [0.15, 0.2) is 12.3 Å². The molecule has 0 radical (unpaired) electrons. The molecular formula is C13H17N5O. The number of pyridine rings is 1. The molecule has 0 saturated carbocycles. The summed E-state index contributed by atoms with van der Waals surface area (Å²) in [5.41, 5.74) is 2.16. The summed E-state index contributed by atoms with van der Waals surface area (Å²) >= 11 is 0. The van der Waals surface area contributed by atoms with Crippen LogP contribution in [-0.2, 0) is 0 Å². The molecule has 1 amide bonds. The topological polar surface area (TPSA) is 82.7 Å². The Kier molecular flexibility index (Phi) is 3.16. The predicted octanol–water partition coefficient (Wildman–Crippen LogP) is 0.748. The molecule has 2 aromatic heterocycles. The van der Waals surface area contributed by atoms with Crippen LogP contribution in [0.5, 0.6) is 0 Å². The van der Waals surface area contributed by atoms with E-state index in [0.29, 0.717) is 11.2 Å². The van der Waals surface area contributed by atoms with E-state index in [1.165, 1.54) is 0 Å². The number of nitrogens with one attached hydrogen (secondary N) is 3. The van der Waals surface area contributed by atoms with Gasteiger partial charge in [0.15, 0.2) is 5.65 Å². The van der Waals surface area contributed by atoms with Crippen LogP contribution >= 0.6 is 0 Å². The molecule has 1 aliphatic rings. The number of amides is 1. The van der Waals surface area contributed by atoms with Crippen molar-refractivity contribution in [2.24, 2.45) is 0 Å². The lowest BCUT2D eigenvalue weighted by Gasteiger charge is -2.23. The second-order valence-electron chi connectivity index (χ2n) is 4.96. The van der Waals surface area contributed by atoms with Crippen LogP contribution in [0.4, 0.5) is 0 Å². The summed E-state index contributed by atoms with van der Waals surface area (Å²) in [5.74, 6) is -0.0660. The average molecular weight is 259 g/mol. The van der Waals surface area contributed by atoms with Crippen molar-refractivity contribution in [3.63, 3.8) is 0 Å². The van der Waals surface area contributed by atoms with E-state index < -0.39 is 0 Å². The second-order valence-corrected chi connectivity index (χ2v) is 4.96. The molecule has 3 rings (SSSR count). The summed E-state index contributed by atoms with van der Waals surface area (Å²) in [6.07, 6.45) is 3.70. The Morgan fingerprint density at radius 2 is 2.42 bits per heavy atom. The minimum Gasteiger partial charge on any atom is -0.348 e. The number of nitrogens with zero attached hydrogens (tertiary/aromatic N) is 2. The molecule has 3 heterocycles. The molecule has 1 aliphatic heterocycles. The van der Waals surface area contributed by atoms with Gasteiger partial charge in [0.1, 0.15) is 0 Å². The molecule has 1 unspecified atom stereocenters. The van der Waals surface area contributed by atoms with Gasteiger partial charge in [-0.05, 0) is 32.4 Å². The molecule has 100 valence electrons. The first-order valence-electron chi connectivity index (χ1n) is 6.56. The highest BCUT2D eigenvalue weighted by Crippen LogP contribution is 2.14. The third-order valence-electron chi connectivity index (χ3n) is 3.49. The van der Waals surface area contributed by atoms with E-state index in [1.54, 1.807) is 6.20 Å². The molecule has 19 heavy (non-hydrogen) atoms. The Morgan fingerprint density at radius 3 is 3.21 bits per heavy atom. The Bertz CT molecular complexity index is 600. The van der Waals surface area contributed by atoms with Gasteiger partial charge in [0.25, 0.3) is 5.91 Å². The molecular weight excluding hydrogens is 242 g/mol. The van der Waals surface area contributed by atoms with Crippen molar-refractivity contribution in [2.75, 3.05) is 13.1 Å². The van der Waals surface area contributed by atoms with Gasteiger partial charge in [-0.25, -0.2) is 4.98 Å². The number of aromatic nitrogens is 3. The van der Waals surface area contributed by atoms with Gasteiger partial charge in [-0.2, -0.15) is 5.10 Å². The number of aromatic amines is 1. The second kappa shape index (κ2) is 4.97. The van der Waals surface area contributed by atoms with Gasteiger partial charge < -0.3 is 10.6 Å². The molecule has 6 heteroatoms. The first-order chi connectivity index (χ1) is 9.24. The highest BCUT2D eigenvalue weighted by Gasteiger charge is 2.17. The summed E-state index contributed by atoms with van der Waals surface area (Å²) in [5, 5.41) is 14.1. The molecule has 0 bridgehead atoms. The van der Waals surface area contributed by atoms with Crippen LogP contribution in [0, 0.1) is 6.92 Å². The highest BCUT2D eigenvalue weighted by molar-refractivity contribution is 5.97. The largest absolute Gasteiger partial charge is 0.348 e. The summed E-state index contributed by atoms with van der Waals surface area (Å²) < 4.78 is 0. The molecule has 3 N–H and O–H groups in total. The average Bonchev–Trinajstić information content (AvgIpc) is 2.81. The lowest BCUT2D eigenvalue weighted by molar-refractivity contribution is 0.0930. The first-order valence-corrected chi connectivity index (χ1v) is 6.56. The summed E-state index contributed by atoms with van der Waals surface area (Å²) in [6, 6.07) is 2.05. The van der Waals surface area contributed by atoms with Gasteiger partial charge >= 0.3 is 0 Å². The fourth-order valence-corrected chi connectivity index (χ4v) is 2.39. The van der Waals surface area contributed by atoms with Crippen molar-refractivity contribution in [1.82, 2.24) is 25.8 Å². The van der Waals surface area contributed by atoms with E-state index in [9.17, 15) is 4.79 Å². The van der Waals surface area contributed by atoms with Gasteiger partial charge in [0.05, 0.1) is 5.56 Å².